The Morgan fingerprint density at radius 3 is 2.58 bits per heavy atom. The van der Waals surface area contributed by atoms with E-state index >= 15 is 0 Å². The minimum absolute atomic E-state index is 0.104. The van der Waals surface area contributed by atoms with Crippen molar-refractivity contribution in [3.05, 3.63) is 62.9 Å². The van der Waals surface area contributed by atoms with E-state index in [1.165, 1.54) is 6.07 Å². The lowest BCUT2D eigenvalue weighted by Crippen LogP contribution is -2.10. The number of aliphatic hydroxyl groups is 1. The van der Waals surface area contributed by atoms with Gasteiger partial charge >= 0.3 is 0 Å². The molecule has 1 aromatic carbocycles. The molecule has 0 aliphatic rings. The SMILES string of the molecule is Cc1cnc(C(O)c2c(F)ccc(Br)c2F)c(C)c1. The number of aryl methyl sites for hydroxylation is 2. The second-order valence-corrected chi connectivity index (χ2v) is 5.23. The molecule has 2 rings (SSSR count). The molecule has 1 heterocycles. The lowest BCUT2D eigenvalue weighted by Gasteiger charge is -2.15. The van der Waals surface area contributed by atoms with Gasteiger partial charge in [-0.2, -0.15) is 0 Å². The predicted molar refractivity (Wildman–Crippen MR) is 71.8 cm³/mol. The number of rotatable bonds is 2. The lowest BCUT2D eigenvalue weighted by molar-refractivity contribution is 0.203. The largest absolute Gasteiger partial charge is 0.382 e. The van der Waals surface area contributed by atoms with Crippen LogP contribution in [0.2, 0.25) is 0 Å². The van der Waals surface area contributed by atoms with Crippen LogP contribution < -0.4 is 0 Å². The first kappa shape index (κ1) is 14.1. The summed E-state index contributed by atoms with van der Waals surface area (Å²) in [6, 6.07) is 4.17. The number of aromatic nitrogens is 1. The van der Waals surface area contributed by atoms with Crippen molar-refractivity contribution in [2.75, 3.05) is 0 Å². The van der Waals surface area contributed by atoms with Crippen LogP contribution in [0.25, 0.3) is 0 Å². The Kier molecular flexibility index (Phi) is 3.96. The third-order valence-corrected chi connectivity index (χ3v) is 3.48. The molecule has 100 valence electrons. The molecule has 1 atom stereocenters. The van der Waals surface area contributed by atoms with Gasteiger partial charge in [-0.05, 0) is 53.0 Å². The zero-order chi connectivity index (χ0) is 14.2. The van der Waals surface area contributed by atoms with Crippen LogP contribution in [0.4, 0.5) is 8.78 Å². The molecule has 2 aromatic rings. The van der Waals surface area contributed by atoms with Crippen molar-refractivity contribution in [2.45, 2.75) is 20.0 Å². The molecular weight excluding hydrogens is 316 g/mol. The number of hydrogen-bond donors (Lipinski definition) is 1. The predicted octanol–water partition coefficient (Wildman–Crippen LogP) is 3.82. The van der Waals surface area contributed by atoms with Crippen LogP contribution in [0.1, 0.15) is 28.5 Å². The second kappa shape index (κ2) is 5.35. The minimum Gasteiger partial charge on any atom is -0.382 e. The Labute approximate surface area is 118 Å². The first-order valence-electron chi connectivity index (χ1n) is 5.66. The monoisotopic (exact) mass is 327 g/mol. The van der Waals surface area contributed by atoms with Gasteiger partial charge in [0, 0.05) is 6.20 Å². The van der Waals surface area contributed by atoms with Crippen LogP contribution in [0.5, 0.6) is 0 Å². The fourth-order valence-electron chi connectivity index (χ4n) is 1.94. The smallest absolute Gasteiger partial charge is 0.146 e. The van der Waals surface area contributed by atoms with Gasteiger partial charge in [0.05, 0.1) is 15.7 Å². The van der Waals surface area contributed by atoms with E-state index in [4.69, 9.17) is 0 Å². The summed E-state index contributed by atoms with van der Waals surface area (Å²) >= 11 is 2.98. The first-order valence-corrected chi connectivity index (χ1v) is 6.45. The quantitative estimate of drug-likeness (QED) is 0.850. The highest BCUT2D eigenvalue weighted by Gasteiger charge is 2.23. The van der Waals surface area contributed by atoms with Crippen molar-refractivity contribution in [3.63, 3.8) is 0 Å². The van der Waals surface area contributed by atoms with E-state index < -0.39 is 23.3 Å². The summed E-state index contributed by atoms with van der Waals surface area (Å²) in [6.07, 6.45) is 0.123. The van der Waals surface area contributed by atoms with Gasteiger partial charge in [-0.25, -0.2) is 8.78 Å². The van der Waals surface area contributed by atoms with E-state index in [1.807, 2.05) is 6.92 Å². The number of pyridine rings is 1. The number of aliphatic hydroxyl groups excluding tert-OH is 1. The van der Waals surface area contributed by atoms with Gasteiger partial charge in [0.25, 0.3) is 0 Å². The number of halogens is 3. The molecule has 0 radical (unpaired) electrons. The van der Waals surface area contributed by atoms with Crippen LogP contribution in [0.15, 0.2) is 28.9 Å². The van der Waals surface area contributed by atoms with E-state index in [0.717, 1.165) is 11.6 Å². The highest BCUT2D eigenvalue weighted by atomic mass is 79.9. The van der Waals surface area contributed by atoms with Crippen molar-refractivity contribution in [1.82, 2.24) is 4.98 Å². The van der Waals surface area contributed by atoms with E-state index in [2.05, 4.69) is 20.9 Å². The second-order valence-electron chi connectivity index (χ2n) is 4.37. The molecule has 1 unspecified atom stereocenters. The summed E-state index contributed by atoms with van der Waals surface area (Å²) in [7, 11) is 0. The maximum Gasteiger partial charge on any atom is 0.146 e. The van der Waals surface area contributed by atoms with E-state index in [1.54, 1.807) is 19.2 Å². The summed E-state index contributed by atoms with van der Waals surface area (Å²) in [5, 5.41) is 10.2. The van der Waals surface area contributed by atoms with E-state index in [0.29, 0.717) is 5.56 Å². The van der Waals surface area contributed by atoms with E-state index in [9.17, 15) is 13.9 Å². The molecule has 0 amide bonds. The van der Waals surface area contributed by atoms with Gasteiger partial charge in [-0.15, -0.1) is 0 Å². The molecule has 0 saturated carbocycles. The van der Waals surface area contributed by atoms with Gasteiger partial charge in [0.2, 0.25) is 0 Å². The van der Waals surface area contributed by atoms with Gasteiger partial charge in [-0.1, -0.05) is 6.07 Å². The van der Waals surface area contributed by atoms with Crippen molar-refractivity contribution < 1.29 is 13.9 Å². The Hall–Kier alpha value is -1.33. The summed E-state index contributed by atoms with van der Waals surface area (Å²) < 4.78 is 27.8. The highest BCUT2D eigenvalue weighted by molar-refractivity contribution is 9.10. The van der Waals surface area contributed by atoms with Crippen LogP contribution in [-0.4, -0.2) is 10.1 Å². The number of hydrogen-bond acceptors (Lipinski definition) is 2. The third-order valence-electron chi connectivity index (χ3n) is 2.87. The van der Waals surface area contributed by atoms with Crippen molar-refractivity contribution in [2.24, 2.45) is 0 Å². The summed E-state index contributed by atoms with van der Waals surface area (Å²) in [5.74, 6) is -1.61. The van der Waals surface area contributed by atoms with Crippen molar-refractivity contribution in [3.8, 4) is 0 Å². The molecule has 0 aliphatic carbocycles. The third kappa shape index (κ3) is 2.67. The first-order chi connectivity index (χ1) is 8.91. The van der Waals surface area contributed by atoms with Crippen LogP contribution in [0.3, 0.4) is 0 Å². The van der Waals surface area contributed by atoms with Crippen LogP contribution >= 0.6 is 15.9 Å². The Bertz CT molecular complexity index is 631. The molecule has 5 heteroatoms. The molecular formula is C14H12BrF2NO. The lowest BCUT2D eigenvalue weighted by atomic mass is 10.0. The number of benzene rings is 1. The molecule has 19 heavy (non-hydrogen) atoms. The Morgan fingerprint density at radius 2 is 1.95 bits per heavy atom. The molecule has 0 saturated heterocycles. The van der Waals surface area contributed by atoms with Crippen molar-refractivity contribution >= 4 is 15.9 Å². The zero-order valence-electron chi connectivity index (χ0n) is 10.4. The van der Waals surface area contributed by atoms with Gasteiger partial charge in [0.15, 0.2) is 0 Å². The Balaban J connectivity index is 2.56. The summed E-state index contributed by atoms with van der Waals surface area (Å²) in [5.41, 5.74) is 1.46. The van der Waals surface area contributed by atoms with E-state index in [-0.39, 0.29) is 10.2 Å². The minimum atomic E-state index is -1.43. The average molecular weight is 328 g/mol. The highest BCUT2D eigenvalue weighted by Crippen LogP contribution is 2.31. The van der Waals surface area contributed by atoms with Gasteiger partial charge < -0.3 is 5.11 Å². The molecule has 0 spiro atoms. The van der Waals surface area contributed by atoms with Crippen molar-refractivity contribution in [1.29, 1.82) is 0 Å². The molecule has 2 nitrogen and oxygen atoms in total. The standard InChI is InChI=1S/C14H12BrF2NO/c1-7-5-8(2)13(18-6-7)14(19)11-10(16)4-3-9(15)12(11)17/h3-6,14,19H,1-2H3. The average Bonchev–Trinajstić information content (AvgIpc) is 2.34. The normalized spacial score (nSPS) is 12.5. The van der Waals surface area contributed by atoms with Gasteiger partial charge in [-0.3, -0.25) is 4.98 Å². The molecule has 0 aliphatic heterocycles. The molecule has 1 aromatic heterocycles. The molecule has 0 fully saturated rings. The summed E-state index contributed by atoms with van der Waals surface area (Å²) in [4.78, 5) is 4.07. The fourth-order valence-corrected chi connectivity index (χ4v) is 2.29. The Morgan fingerprint density at radius 1 is 1.26 bits per heavy atom. The van der Waals surface area contributed by atoms with Gasteiger partial charge in [0.1, 0.15) is 17.7 Å². The van der Waals surface area contributed by atoms with Crippen LogP contribution in [-0.2, 0) is 0 Å². The zero-order valence-corrected chi connectivity index (χ0v) is 12.0. The topological polar surface area (TPSA) is 33.1 Å². The maximum atomic E-state index is 13.9. The summed E-state index contributed by atoms with van der Waals surface area (Å²) in [6.45, 7) is 3.60. The fraction of sp³-hybridized carbons (Fsp3) is 0.214. The molecule has 0 bridgehead atoms. The molecule has 1 N–H and O–H groups in total. The maximum absolute atomic E-state index is 13.9. The number of nitrogens with zero attached hydrogens (tertiary/aromatic N) is 1. The van der Waals surface area contributed by atoms with Crippen LogP contribution in [0, 0.1) is 25.5 Å².